The second-order valence-corrected chi connectivity index (χ2v) is 5.67. The molecule has 5 heteroatoms. The molecular formula is C20H21NO4. The van der Waals surface area contributed by atoms with Crippen LogP contribution in [0.3, 0.4) is 0 Å². The summed E-state index contributed by atoms with van der Waals surface area (Å²) < 4.78 is 5.45. The van der Waals surface area contributed by atoms with Gasteiger partial charge in [-0.2, -0.15) is 0 Å². The summed E-state index contributed by atoms with van der Waals surface area (Å²) >= 11 is 0. The van der Waals surface area contributed by atoms with Crippen molar-refractivity contribution >= 4 is 23.2 Å². The number of benzene rings is 2. The van der Waals surface area contributed by atoms with Gasteiger partial charge in [0.25, 0.3) is 0 Å². The number of anilines is 1. The smallest absolute Gasteiger partial charge is 0.224 e. The Morgan fingerprint density at radius 2 is 1.52 bits per heavy atom. The summed E-state index contributed by atoms with van der Waals surface area (Å²) in [5.74, 6) is 0.302. The molecule has 0 aliphatic rings. The second-order valence-electron chi connectivity index (χ2n) is 5.67. The minimum Gasteiger partial charge on any atom is -0.485 e. The molecule has 2 aromatic rings. The first kappa shape index (κ1) is 18.4. The van der Waals surface area contributed by atoms with Gasteiger partial charge in [0, 0.05) is 23.2 Å². The number of hydrogen-bond donors (Lipinski definition) is 1. The predicted molar refractivity (Wildman–Crippen MR) is 96.3 cm³/mol. The van der Waals surface area contributed by atoms with Crippen molar-refractivity contribution in [3.8, 4) is 5.75 Å². The topological polar surface area (TPSA) is 72.5 Å². The quantitative estimate of drug-likeness (QED) is 0.741. The van der Waals surface area contributed by atoms with Crippen molar-refractivity contribution in [1.82, 2.24) is 0 Å². The maximum Gasteiger partial charge on any atom is 0.224 e. The Labute approximate surface area is 147 Å². The molecule has 0 heterocycles. The molecule has 0 fully saturated rings. The van der Waals surface area contributed by atoms with E-state index in [1.807, 2.05) is 6.92 Å². The lowest BCUT2D eigenvalue weighted by Crippen LogP contribution is -2.13. The fourth-order valence-corrected chi connectivity index (χ4v) is 2.21. The summed E-state index contributed by atoms with van der Waals surface area (Å²) in [4.78, 5) is 34.9. The van der Waals surface area contributed by atoms with E-state index in [0.717, 1.165) is 6.42 Å². The highest BCUT2D eigenvalue weighted by Crippen LogP contribution is 2.14. The van der Waals surface area contributed by atoms with Crippen LogP contribution >= 0.6 is 0 Å². The minimum atomic E-state index is -0.165. The molecule has 0 aliphatic carbocycles. The third-order valence-electron chi connectivity index (χ3n) is 3.60. The van der Waals surface area contributed by atoms with E-state index in [4.69, 9.17) is 4.74 Å². The van der Waals surface area contributed by atoms with Gasteiger partial charge in [0.15, 0.2) is 18.2 Å². The molecule has 0 aromatic heterocycles. The monoisotopic (exact) mass is 339 g/mol. The first-order valence-electron chi connectivity index (χ1n) is 8.16. The van der Waals surface area contributed by atoms with Crippen LogP contribution in [-0.2, 0) is 4.79 Å². The summed E-state index contributed by atoms with van der Waals surface area (Å²) in [6.45, 7) is 3.34. The molecule has 1 amide bonds. The Hall–Kier alpha value is -2.95. The molecule has 5 nitrogen and oxygen atoms in total. The van der Waals surface area contributed by atoms with Gasteiger partial charge in [-0.25, -0.2) is 0 Å². The average molecular weight is 339 g/mol. The minimum absolute atomic E-state index is 0.0197. The van der Waals surface area contributed by atoms with Crippen molar-refractivity contribution in [3.05, 3.63) is 59.7 Å². The van der Waals surface area contributed by atoms with E-state index in [-0.39, 0.29) is 24.1 Å². The zero-order chi connectivity index (χ0) is 18.2. The van der Waals surface area contributed by atoms with Crippen LogP contribution in [0, 0.1) is 0 Å². The highest BCUT2D eigenvalue weighted by molar-refractivity contribution is 5.98. The molecule has 2 rings (SSSR count). The molecule has 0 spiro atoms. The largest absolute Gasteiger partial charge is 0.485 e. The third-order valence-corrected chi connectivity index (χ3v) is 3.60. The SMILES string of the molecule is CCCC(=O)Nc1ccc(C(=O)COc2ccc(C(C)=O)cc2)cc1. The number of ketones is 2. The van der Waals surface area contributed by atoms with Gasteiger partial charge in [-0.05, 0) is 61.9 Å². The van der Waals surface area contributed by atoms with Crippen molar-refractivity contribution in [2.75, 3.05) is 11.9 Å². The lowest BCUT2D eigenvalue weighted by atomic mass is 10.1. The van der Waals surface area contributed by atoms with Gasteiger partial charge in [-0.15, -0.1) is 0 Å². The van der Waals surface area contributed by atoms with E-state index >= 15 is 0 Å². The average Bonchev–Trinajstić information content (AvgIpc) is 2.61. The van der Waals surface area contributed by atoms with E-state index in [0.29, 0.717) is 29.0 Å². The molecule has 0 aliphatic heterocycles. The van der Waals surface area contributed by atoms with E-state index in [1.54, 1.807) is 48.5 Å². The van der Waals surface area contributed by atoms with E-state index in [2.05, 4.69) is 5.32 Å². The van der Waals surface area contributed by atoms with Crippen LogP contribution in [0.25, 0.3) is 0 Å². The van der Waals surface area contributed by atoms with Gasteiger partial charge in [0.05, 0.1) is 0 Å². The number of carbonyl (C=O) groups is 3. The number of amides is 1. The molecule has 2 aromatic carbocycles. The Morgan fingerprint density at radius 3 is 2.08 bits per heavy atom. The van der Waals surface area contributed by atoms with Crippen molar-refractivity contribution in [2.45, 2.75) is 26.7 Å². The number of hydrogen-bond acceptors (Lipinski definition) is 4. The zero-order valence-corrected chi connectivity index (χ0v) is 14.4. The fraction of sp³-hybridized carbons (Fsp3) is 0.250. The molecule has 0 saturated carbocycles. The lowest BCUT2D eigenvalue weighted by Gasteiger charge is -2.08. The predicted octanol–water partition coefficient (Wildman–Crippen LogP) is 3.89. The van der Waals surface area contributed by atoms with Crippen LogP contribution in [0.5, 0.6) is 5.75 Å². The van der Waals surface area contributed by atoms with Gasteiger partial charge >= 0.3 is 0 Å². The number of nitrogens with one attached hydrogen (secondary N) is 1. The molecule has 0 radical (unpaired) electrons. The van der Waals surface area contributed by atoms with Crippen molar-refractivity contribution in [3.63, 3.8) is 0 Å². The molecule has 1 N–H and O–H groups in total. The molecule has 0 saturated heterocycles. The van der Waals surface area contributed by atoms with Crippen LogP contribution in [-0.4, -0.2) is 24.1 Å². The second kappa shape index (κ2) is 8.78. The molecule has 130 valence electrons. The highest BCUT2D eigenvalue weighted by atomic mass is 16.5. The normalized spacial score (nSPS) is 10.2. The highest BCUT2D eigenvalue weighted by Gasteiger charge is 2.08. The van der Waals surface area contributed by atoms with Crippen LogP contribution < -0.4 is 10.1 Å². The van der Waals surface area contributed by atoms with Gasteiger partial charge in [-0.3, -0.25) is 14.4 Å². The molecule has 25 heavy (non-hydrogen) atoms. The van der Waals surface area contributed by atoms with Crippen molar-refractivity contribution in [2.24, 2.45) is 0 Å². The van der Waals surface area contributed by atoms with Crippen LogP contribution in [0.15, 0.2) is 48.5 Å². The Kier molecular flexibility index (Phi) is 6.46. The number of ether oxygens (including phenoxy) is 1. The number of Topliss-reactive ketones (excluding diaryl/α,β-unsaturated/α-hetero) is 2. The maximum atomic E-state index is 12.2. The van der Waals surface area contributed by atoms with Crippen LogP contribution in [0.4, 0.5) is 5.69 Å². The Bertz CT molecular complexity index is 748. The molecule has 0 bridgehead atoms. The van der Waals surface area contributed by atoms with Gasteiger partial charge < -0.3 is 10.1 Å². The fourth-order valence-electron chi connectivity index (χ4n) is 2.21. The number of carbonyl (C=O) groups excluding carboxylic acids is 3. The molecular weight excluding hydrogens is 318 g/mol. The third kappa shape index (κ3) is 5.57. The number of rotatable bonds is 8. The van der Waals surface area contributed by atoms with Crippen molar-refractivity contribution < 1.29 is 19.1 Å². The summed E-state index contributed by atoms with van der Waals surface area (Å²) in [5.41, 5.74) is 1.77. The van der Waals surface area contributed by atoms with Crippen LogP contribution in [0.2, 0.25) is 0 Å². The summed E-state index contributed by atoms with van der Waals surface area (Å²) in [6, 6.07) is 13.4. The lowest BCUT2D eigenvalue weighted by molar-refractivity contribution is -0.116. The summed E-state index contributed by atoms with van der Waals surface area (Å²) in [6.07, 6.45) is 1.25. The summed E-state index contributed by atoms with van der Waals surface area (Å²) in [5, 5.41) is 2.77. The first-order valence-corrected chi connectivity index (χ1v) is 8.16. The maximum absolute atomic E-state index is 12.2. The standard InChI is InChI=1S/C20H21NO4/c1-3-4-20(24)21-17-9-5-16(6-10-17)19(23)13-25-18-11-7-15(8-12-18)14(2)22/h5-12H,3-4,13H2,1-2H3,(H,21,24). The molecule has 0 atom stereocenters. The molecule has 0 unspecified atom stereocenters. The van der Waals surface area contributed by atoms with Crippen molar-refractivity contribution in [1.29, 1.82) is 0 Å². The van der Waals surface area contributed by atoms with E-state index in [1.165, 1.54) is 6.92 Å². The Balaban J connectivity index is 1.90. The van der Waals surface area contributed by atoms with Gasteiger partial charge in [0.2, 0.25) is 5.91 Å². The van der Waals surface area contributed by atoms with E-state index < -0.39 is 0 Å². The zero-order valence-electron chi connectivity index (χ0n) is 14.4. The van der Waals surface area contributed by atoms with Gasteiger partial charge in [-0.1, -0.05) is 6.92 Å². The van der Waals surface area contributed by atoms with Gasteiger partial charge in [0.1, 0.15) is 5.75 Å². The Morgan fingerprint density at radius 1 is 0.920 bits per heavy atom. The first-order chi connectivity index (χ1) is 12.0. The summed E-state index contributed by atoms with van der Waals surface area (Å²) in [7, 11) is 0. The van der Waals surface area contributed by atoms with E-state index in [9.17, 15) is 14.4 Å². The van der Waals surface area contributed by atoms with Crippen LogP contribution in [0.1, 0.15) is 47.4 Å².